The van der Waals surface area contributed by atoms with Crippen LogP contribution in [0.4, 0.5) is 8.78 Å². The Balaban J connectivity index is 0.00000420. The molecule has 0 bridgehead atoms. The Morgan fingerprint density at radius 1 is 1.14 bits per heavy atom. The first kappa shape index (κ1) is 24.6. The van der Waals surface area contributed by atoms with Gasteiger partial charge in [-0.15, -0.1) is 24.0 Å². The minimum absolute atomic E-state index is 0. The van der Waals surface area contributed by atoms with E-state index in [4.69, 9.17) is 0 Å². The molecular formula is C20H25F2IN4O2. The van der Waals surface area contributed by atoms with Crippen LogP contribution in [0.1, 0.15) is 28.4 Å². The third kappa shape index (κ3) is 8.22. The van der Waals surface area contributed by atoms with E-state index in [1.54, 1.807) is 43.4 Å². The van der Waals surface area contributed by atoms with Crippen LogP contribution in [0.5, 0.6) is 5.75 Å². The minimum Gasteiger partial charge on any atom is -0.434 e. The maximum Gasteiger partial charge on any atom is 0.387 e. The van der Waals surface area contributed by atoms with Crippen molar-refractivity contribution in [2.24, 2.45) is 4.99 Å². The largest absolute Gasteiger partial charge is 0.434 e. The summed E-state index contributed by atoms with van der Waals surface area (Å²) in [6.45, 7) is 0.314. The lowest BCUT2D eigenvalue weighted by atomic mass is 10.1. The van der Waals surface area contributed by atoms with E-state index < -0.39 is 6.61 Å². The second-order valence-corrected chi connectivity index (χ2v) is 5.81. The molecule has 2 aromatic carbocycles. The molecule has 0 heterocycles. The van der Waals surface area contributed by atoms with Crippen LogP contribution in [0.2, 0.25) is 0 Å². The first-order chi connectivity index (χ1) is 13.5. The number of guanidine groups is 1. The van der Waals surface area contributed by atoms with Crippen molar-refractivity contribution in [2.75, 3.05) is 13.6 Å². The Labute approximate surface area is 186 Å². The number of rotatable bonds is 8. The van der Waals surface area contributed by atoms with Crippen LogP contribution in [0.3, 0.4) is 0 Å². The standard InChI is InChI=1S/C20H24F2N4O2.HI/c1-3-24-20(25-12-14-7-6-9-15(11-14)18(27)23-2)26-13-16-8-4-5-10-17(16)28-19(21)22;/h4-11,19H,3,12-13H2,1-2H3,(H,23,27)(H2,24,25,26);1H. The van der Waals surface area contributed by atoms with Crippen molar-refractivity contribution in [3.63, 3.8) is 0 Å². The third-order valence-corrected chi connectivity index (χ3v) is 3.82. The van der Waals surface area contributed by atoms with Crippen molar-refractivity contribution in [1.82, 2.24) is 16.0 Å². The number of benzene rings is 2. The first-order valence-corrected chi connectivity index (χ1v) is 8.89. The summed E-state index contributed by atoms with van der Waals surface area (Å²) in [6, 6.07) is 13.8. The highest BCUT2D eigenvalue weighted by molar-refractivity contribution is 14.0. The monoisotopic (exact) mass is 518 g/mol. The van der Waals surface area contributed by atoms with Gasteiger partial charge in [-0.2, -0.15) is 8.78 Å². The summed E-state index contributed by atoms with van der Waals surface area (Å²) in [5, 5.41) is 8.79. The molecule has 0 aliphatic heterocycles. The summed E-state index contributed by atoms with van der Waals surface area (Å²) in [6.07, 6.45) is 0. The molecule has 9 heteroatoms. The van der Waals surface area contributed by atoms with Crippen LogP contribution in [-0.2, 0) is 13.1 Å². The van der Waals surface area contributed by atoms with Crippen LogP contribution in [0.25, 0.3) is 0 Å². The second-order valence-electron chi connectivity index (χ2n) is 5.81. The van der Waals surface area contributed by atoms with Gasteiger partial charge in [-0.25, -0.2) is 4.99 Å². The van der Waals surface area contributed by atoms with Gasteiger partial charge in [0.25, 0.3) is 5.91 Å². The summed E-state index contributed by atoms with van der Waals surface area (Å²) >= 11 is 0. The van der Waals surface area contributed by atoms with Crippen LogP contribution in [0.15, 0.2) is 53.5 Å². The van der Waals surface area contributed by atoms with Gasteiger partial charge in [0.1, 0.15) is 5.75 Å². The molecule has 0 spiro atoms. The molecule has 29 heavy (non-hydrogen) atoms. The van der Waals surface area contributed by atoms with Gasteiger partial charge >= 0.3 is 6.61 Å². The van der Waals surface area contributed by atoms with Gasteiger partial charge in [0.05, 0.1) is 6.54 Å². The number of hydrogen-bond acceptors (Lipinski definition) is 3. The summed E-state index contributed by atoms with van der Waals surface area (Å²) in [4.78, 5) is 16.2. The molecule has 0 saturated carbocycles. The molecule has 0 aliphatic carbocycles. The third-order valence-electron chi connectivity index (χ3n) is 3.82. The van der Waals surface area contributed by atoms with Crippen LogP contribution >= 0.6 is 24.0 Å². The molecule has 0 atom stereocenters. The van der Waals surface area contributed by atoms with E-state index in [1.807, 2.05) is 13.0 Å². The zero-order valence-corrected chi connectivity index (χ0v) is 18.6. The fraction of sp³-hybridized carbons (Fsp3) is 0.300. The van der Waals surface area contributed by atoms with Crippen LogP contribution in [0, 0.1) is 0 Å². The quantitative estimate of drug-likeness (QED) is 0.284. The van der Waals surface area contributed by atoms with E-state index >= 15 is 0 Å². The van der Waals surface area contributed by atoms with Crippen molar-refractivity contribution in [1.29, 1.82) is 0 Å². The van der Waals surface area contributed by atoms with E-state index in [1.165, 1.54) is 6.07 Å². The number of aliphatic imine (C=N–C) groups is 1. The number of nitrogens with zero attached hydrogens (tertiary/aromatic N) is 1. The Bertz CT molecular complexity index is 819. The molecule has 0 fully saturated rings. The topological polar surface area (TPSA) is 74.8 Å². The molecule has 6 nitrogen and oxygen atoms in total. The summed E-state index contributed by atoms with van der Waals surface area (Å²) in [7, 11) is 1.58. The fourth-order valence-electron chi connectivity index (χ4n) is 2.51. The maximum absolute atomic E-state index is 12.5. The Kier molecular flexibility index (Phi) is 11.0. The smallest absolute Gasteiger partial charge is 0.387 e. The maximum atomic E-state index is 12.5. The molecule has 3 N–H and O–H groups in total. The fourth-order valence-corrected chi connectivity index (χ4v) is 2.51. The lowest BCUT2D eigenvalue weighted by molar-refractivity contribution is -0.0504. The Hall–Kier alpha value is -2.43. The van der Waals surface area contributed by atoms with Crippen molar-refractivity contribution in [3.8, 4) is 5.75 Å². The number of hydrogen-bond donors (Lipinski definition) is 3. The first-order valence-electron chi connectivity index (χ1n) is 8.89. The highest BCUT2D eigenvalue weighted by Gasteiger charge is 2.09. The molecule has 1 amide bonds. The average molecular weight is 518 g/mol. The van der Waals surface area contributed by atoms with Gasteiger partial charge in [0.15, 0.2) is 5.96 Å². The molecule has 2 aromatic rings. The number of para-hydroxylation sites is 1. The van der Waals surface area contributed by atoms with Crippen molar-refractivity contribution < 1.29 is 18.3 Å². The van der Waals surface area contributed by atoms with Crippen molar-refractivity contribution in [3.05, 3.63) is 65.2 Å². The summed E-state index contributed by atoms with van der Waals surface area (Å²) in [5.41, 5.74) is 2.03. The Morgan fingerprint density at radius 3 is 2.59 bits per heavy atom. The molecule has 0 unspecified atom stereocenters. The Morgan fingerprint density at radius 2 is 1.90 bits per heavy atom. The van der Waals surface area contributed by atoms with E-state index in [0.717, 1.165) is 5.56 Å². The van der Waals surface area contributed by atoms with Gasteiger partial charge in [0, 0.05) is 31.3 Å². The number of alkyl halides is 2. The van der Waals surface area contributed by atoms with E-state index in [9.17, 15) is 13.6 Å². The molecule has 0 saturated heterocycles. The number of nitrogens with one attached hydrogen (secondary N) is 3. The van der Waals surface area contributed by atoms with Gasteiger partial charge in [0.2, 0.25) is 0 Å². The SMILES string of the molecule is CCNC(=NCc1cccc(C(=O)NC)c1)NCc1ccccc1OC(F)F.I. The molecule has 0 radical (unpaired) electrons. The molecule has 0 aromatic heterocycles. The number of carbonyl (C=O) groups excluding carboxylic acids is 1. The van der Waals surface area contributed by atoms with E-state index in [0.29, 0.717) is 30.2 Å². The lowest BCUT2D eigenvalue weighted by Gasteiger charge is -2.14. The van der Waals surface area contributed by atoms with Crippen LogP contribution < -0.4 is 20.7 Å². The highest BCUT2D eigenvalue weighted by Crippen LogP contribution is 2.19. The summed E-state index contributed by atoms with van der Waals surface area (Å²) < 4.78 is 29.6. The predicted molar refractivity (Wildman–Crippen MR) is 120 cm³/mol. The molecule has 158 valence electrons. The molecule has 2 rings (SSSR count). The van der Waals surface area contributed by atoms with Gasteiger partial charge < -0.3 is 20.7 Å². The summed E-state index contributed by atoms with van der Waals surface area (Å²) in [5.74, 6) is 0.491. The second kappa shape index (κ2) is 12.9. The average Bonchev–Trinajstić information content (AvgIpc) is 2.70. The minimum atomic E-state index is -2.88. The number of ether oxygens (including phenoxy) is 1. The number of halogens is 3. The van der Waals surface area contributed by atoms with E-state index in [-0.39, 0.29) is 42.2 Å². The molecular weight excluding hydrogens is 493 g/mol. The van der Waals surface area contributed by atoms with E-state index in [2.05, 4.69) is 25.7 Å². The van der Waals surface area contributed by atoms with Crippen LogP contribution in [-0.4, -0.2) is 32.1 Å². The van der Waals surface area contributed by atoms with Gasteiger partial charge in [-0.3, -0.25) is 4.79 Å². The number of amides is 1. The normalized spacial score (nSPS) is 10.9. The van der Waals surface area contributed by atoms with Gasteiger partial charge in [-0.1, -0.05) is 30.3 Å². The van der Waals surface area contributed by atoms with Crippen molar-refractivity contribution in [2.45, 2.75) is 26.6 Å². The zero-order chi connectivity index (χ0) is 20.4. The van der Waals surface area contributed by atoms with Crippen molar-refractivity contribution >= 4 is 35.8 Å². The highest BCUT2D eigenvalue weighted by atomic mass is 127. The number of carbonyl (C=O) groups is 1. The lowest BCUT2D eigenvalue weighted by Crippen LogP contribution is -2.36. The van der Waals surface area contributed by atoms with Gasteiger partial charge in [-0.05, 0) is 30.7 Å². The molecule has 0 aliphatic rings. The zero-order valence-electron chi connectivity index (χ0n) is 16.2. The predicted octanol–water partition coefficient (Wildman–Crippen LogP) is 3.52.